The number of amides is 2. The molecule has 5 nitrogen and oxygen atoms in total. The SMILES string of the molecule is CN(Cc1cccs1)C(=O)Nc1ccc(F)c(C(=O)O)c1. The molecule has 0 unspecified atom stereocenters. The molecule has 0 aliphatic rings. The molecular formula is C14H13FN2O3S. The molecule has 0 aliphatic carbocycles. The Morgan fingerprint density at radius 2 is 2.14 bits per heavy atom. The molecule has 0 saturated carbocycles. The molecule has 1 aromatic carbocycles. The number of nitrogens with zero attached hydrogens (tertiary/aromatic N) is 1. The van der Waals surface area contributed by atoms with Crippen molar-refractivity contribution in [3.8, 4) is 0 Å². The Balaban J connectivity index is 2.05. The Hall–Kier alpha value is -2.41. The highest BCUT2D eigenvalue weighted by Gasteiger charge is 2.14. The fourth-order valence-electron chi connectivity index (χ4n) is 1.69. The fraction of sp³-hybridized carbons (Fsp3) is 0.143. The molecule has 2 N–H and O–H groups in total. The van der Waals surface area contributed by atoms with Crippen LogP contribution in [-0.2, 0) is 6.54 Å². The summed E-state index contributed by atoms with van der Waals surface area (Å²) in [6, 6.07) is 6.83. The Morgan fingerprint density at radius 1 is 1.38 bits per heavy atom. The highest BCUT2D eigenvalue weighted by molar-refractivity contribution is 7.09. The molecule has 2 rings (SSSR count). The van der Waals surface area contributed by atoms with Crippen LogP contribution < -0.4 is 5.32 Å². The third kappa shape index (κ3) is 3.79. The van der Waals surface area contributed by atoms with Crippen LogP contribution in [0.15, 0.2) is 35.7 Å². The summed E-state index contributed by atoms with van der Waals surface area (Å²) in [5.41, 5.74) is -0.245. The molecule has 21 heavy (non-hydrogen) atoms. The van der Waals surface area contributed by atoms with Gasteiger partial charge in [-0.3, -0.25) is 0 Å². The van der Waals surface area contributed by atoms with Gasteiger partial charge in [0.25, 0.3) is 0 Å². The van der Waals surface area contributed by atoms with Gasteiger partial charge in [-0.05, 0) is 29.6 Å². The quantitative estimate of drug-likeness (QED) is 0.911. The average Bonchev–Trinajstić information content (AvgIpc) is 2.93. The number of anilines is 1. The minimum atomic E-state index is -1.38. The smallest absolute Gasteiger partial charge is 0.338 e. The first kappa shape index (κ1) is 15.0. The number of nitrogens with one attached hydrogen (secondary N) is 1. The molecule has 0 saturated heterocycles. The first-order valence-electron chi connectivity index (χ1n) is 6.04. The van der Waals surface area contributed by atoms with Gasteiger partial charge in [-0.15, -0.1) is 11.3 Å². The Bertz CT molecular complexity index is 658. The number of thiophene rings is 1. The van der Waals surface area contributed by atoms with Crippen LogP contribution in [0.4, 0.5) is 14.9 Å². The van der Waals surface area contributed by atoms with Gasteiger partial charge in [-0.25, -0.2) is 14.0 Å². The molecule has 0 bridgehead atoms. The predicted octanol–water partition coefficient (Wildman–Crippen LogP) is 3.25. The van der Waals surface area contributed by atoms with E-state index in [0.717, 1.165) is 17.0 Å². The van der Waals surface area contributed by atoms with Crippen molar-refractivity contribution in [2.24, 2.45) is 0 Å². The van der Waals surface area contributed by atoms with E-state index in [4.69, 9.17) is 5.11 Å². The van der Waals surface area contributed by atoms with Gasteiger partial charge in [0.15, 0.2) is 0 Å². The minimum Gasteiger partial charge on any atom is -0.478 e. The maximum atomic E-state index is 13.3. The van der Waals surface area contributed by atoms with Crippen molar-refractivity contribution < 1.29 is 19.1 Å². The highest BCUT2D eigenvalue weighted by atomic mass is 32.1. The average molecular weight is 308 g/mol. The zero-order valence-corrected chi connectivity index (χ0v) is 12.0. The van der Waals surface area contributed by atoms with Gasteiger partial charge in [0.05, 0.1) is 12.1 Å². The predicted molar refractivity (Wildman–Crippen MR) is 78.2 cm³/mol. The van der Waals surface area contributed by atoms with Crippen molar-refractivity contribution in [1.82, 2.24) is 4.90 Å². The van der Waals surface area contributed by atoms with Crippen molar-refractivity contribution in [3.05, 3.63) is 52.0 Å². The summed E-state index contributed by atoms with van der Waals surface area (Å²) in [6.45, 7) is 0.441. The Labute approximate surface area is 124 Å². The Kier molecular flexibility index (Phi) is 4.54. The van der Waals surface area contributed by atoms with E-state index in [9.17, 15) is 14.0 Å². The second-order valence-electron chi connectivity index (χ2n) is 4.37. The zero-order chi connectivity index (χ0) is 15.4. The standard InChI is InChI=1S/C14H13FN2O3S/c1-17(8-10-3-2-6-21-10)14(20)16-9-4-5-12(15)11(7-9)13(18)19/h2-7H,8H2,1H3,(H,16,20)(H,18,19). The third-order valence-corrected chi connectivity index (χ3v) is 3.63. The minimum absolute atomic E-state index is 0.233. The van der Waals surface area contributed by atoms with Gasteiger partial charge in [0.1, 0.15) is 5.82 Å². The van der Waals surface area contributed by atoms with E-state index in [0.29, 0.717) is 6.54 Å². The van der Waals surface area contributed by atoms with E-state index in [1.165, 1.54) is 22.3 Å². The summed E-state index contributed by atoms with van der Waals surface area (Å²) in [5, 5.41) is 13.3. The molecule has 1 aromatic heterocycles. The van der Waals surface area contributed by atoms with E-state index < -0.39 is 23.4 Å². The van der Waals surface area contributed by atoms with Gasteiger partial charge in [0.2, 0.25) is 0 Å². The molecule has 1 heterocycles. The molecule has 0 radical (unpaired) electrons. The number of halogens is 1. The molecule has 0 spiro atoms. The van der Waals surface area contributed by atoms with Crippen LogP contribution in [0.1, 0.15) is 15.2 Å². The van der Waals surface area contributed by atoms with Crippen LogP contribution in [0.2, 0.25) is 0 Å². The second kappa shape index (κ2) is 6.36. The lowest BCUT2D eigenvalue weighted by atomic mass is 10.2. The van der Waals surface area contributed by atoms with Crippen molar-refractivity contribution in [2.45, 2.75) is 6.54 Å². The molecule has 2 amide bonds. The van der Waals surface area contributed by atoms with Gasteiger partial charge in [-0.2, -0.15) is 0 Å². The third-order valence-electron chi connectivity index (χ3n) is 2.77. The molecule has 0 fully saturated rings. The first-order valence-corrected chi connectivity index (χ1v) is 6.92. The summed E-state index contributed by atoms with van der Waals surface area (Å²) in [7, 11) is 1.62. The number of benzene rings is 1. The van der Waals surface area contributed by atoms with E-state index in [1.54, 1.807) is 7.05 Å². The van der Waals surface area contributed by atoms with Crippen LogP contribution >= 0.6 is 11.3 Å². The number of hydrogen-bond acceptors (Lipinski definition) is 3. The number of carbonyl (C=O) groups excluding carboxylic acids is 1. The zero-order valence-electron chi connectivity index (χ0n) is 11.2. The molecule has 2 aromatic rings. The van der Waals surface area contributed by atoms with Crippen LogP contribution in [0.25, 0.3) is 0 Å². The number of urea groups is 1. The van der Waals surface area contributed by atoms with Gasteiger partial charge in [0, 0.05) is 17.6 Å². The lowest BCUT2D eigenvalue weighted by molar-refractivity contribution is 0.0692. The first-order chi connectivity index (χ1) is 9.97. The van der Waals surface area contributed by atoms with Crippen LogP contribution in [0.5, 0.6) is 0 Å². The number of carboxylic acids is 1. The van der Waals surface area contributed by atoms with Gasteiger partial charge in [-0.1, -0.05) is 6.07 Å². The van der Waals surface area contributed by atoms with E-state index in [-0.39, 0.29) is 5.69 Å². The molecule has 0 atom stereocenters. The molecular weight excluding hydrogens is 295 g/mol. The number of aromatic carboxylic acids is 1. The number of hydrogen-bond donors (Lipinski definition) is 2. The van der Waals surface area contributed by atoms with E-state index >= 15 is 0 Å². The fourth-order valence-corrected chi connectivity index (χ4v) is 2.45. The molecule has 7 heteroatoms. The highest BCUT2D eigenvalue weighted by Crippen LogP contribution is 2.16. The summed E-state index contributed by atoms with van der Waals surface area (Å²) in [6.07, 6.45) is 0. The van der Waals surface area contributed by atoms with Gasteiger partial charge < -0.3 is 15.3 Å². The second-order valence-corrected chi connectivity index (χ2v) is 5.40. The summed E-state index contributed by atoms with van der Waals surface area (Å²) >= 11 is 1.53. The lowest BCUT2D eigenvalue weighted by Crippen LogP contribution is -2.30. The number of carboxylic acid groups (broad SMARTS) is 1. The van der Waals surface area contributed by atoms with Crippen LogP contribution in [0, 0.1) is 5.82 Å². The normalized spacial score (nSPS) is 10.2. The summed E-state index contributed by atoms with van der Waals surface area (Å²) in [4.78, 5) is 25.3. The van der Waals surface area contributed by atoms with Crippen molar-refractivity contribution in [3.63, 3.8) is 0 Å². The maximum Gasteiger partial charge on any atom is 0.338 e. The number of rotatable bonds is 4. The van der Waals surface area contributed by atoms with Crippen LogP contribution in [0.3, 0.4) is 0 Å². The van der Waals surface area contributed by atoms with Crippen molar-refractivity contribution in [2.75, 3.05) is 12.4 Å². The molecule has 110 valence electrons. The van der Waals surface area contributed by atoms with E-state index in [2.05, 4.69) is 5.32 Å². The maximum absolute atomic E-state index is 13.3. The lowest BCUT2D eigenvalue weighted by Gasteiger charge is -2.17. The monoisotopic (exact) mass is 308 g/mol. The van der Waals surface area contributed by atoms with Crippen LogP contribution in [-0.4, -0.2) is 29.1 Å². The summed E-state index contributed by atoms with van der Waals surface area (Å²) < 4.78 is 13.3. The van der Waals surface area contributed by atoms with Crippen molar-refractivity contribution >= 4 is 29.0 Å². The molecule has 0 aliphatic heterocycles. The van der Waals surface area contributed by atoms with Crippen molar-refractivity contribution in [1.29, 1.82) is 0 Å². The number of carbonyl (C=O) groups is 2. The topological polar surface area (TPSA) is 69.6 Å². The largest absolute Gasteiger partial charge is 0.478 e. The van der Waals surface area contributed by atoms with E-state index in [1.807, 2.05) is 17.5 Å². The Morgan fingerprint density at radius 3 is 2.76 bits per heavy atom. The van der Waals surface area contributed by atoms with Gasteiger partial charge >= 0.3 is 12.0 Å². The summed E-state index contributed by atoms with van der Waals surface area (Å²) in [5.74, 6) is -2.22.